The number of carboxylic acids is 1. The summed E-state index contributed by atoms with van der Waals surface area (Å²) in [4.78, 5) is 27.9. The van der Waals surface area contributed by atoms with Crippen LogP contribution in [0.1, 0.15) is 29.6 Å². The number of carbonyl (C=O) groups excluding carboxylic acids is 1. The lowest BCUT2D eigenvalue weighted by atomic mass is 10.1. The fourth-order valence-electron chi connectivity index (χ4n) is 3.03. The first-order valence-corrected chi connectivity index (χ1v) is 8.61. The van der Waals surface area contributed by atoms with E-state index in [0.29, 0.717) is 12.1 Å². The van der Waals surface area contributed by atoms with Crippen molar-refractivity contribution < 1.29 is 14.7 Å². The van der Waals surface area contributed by atoms with Crippen molar-refractivity contribution in [3.8, 4) is 6.07 Å². The molecule has 2 fully saturated rings. The Morgan fingerprint density at radius 2 is 1.96 bits per heavy atom. The number of anilines is 2. The number of hydrogen-bond acceptors (Lipinski definition) is 5. The summed E-state index contributed by atoms with van der Waals surface area (Å²) in [7, 11) is 0. The molecule has 1 saturated heterocycles. The third-order valence-corrected chi connectivity index (χ3v) is 4.72. The van der Waals surface area contributed by atoms with Crippen LogP contribution in [0, 0.1) is 17.2 Å². The van der Waals surface area contributed by atoms with Crippen LogP contribution in [0.4, 0.5) is 11.4 Å². The van der Waals surface area contributed by atoms with Crippen LogP contribution in [-0.4, -0.2) is 54.6 Å². The molecule has 1 heterocycles. The normalized spacial score (nSPS) is 17.8. The molecule has 1 aliphatic carbocycles. The van der Waals surface area contributed by atoms with Crippen molar-refractivity contribution >= 4 is 23.3 Å². The molecule has 0 spiro atoms. The van der Waals surface area contributed by atoms with Crippen molar-refractivity contribution in [3.63, 3.8) is 0 Å². The van der Waals surface area contributed by atoms with Gasteiger partial charge in [0.25, 0.3) is 0 Å². The minimum atomic E-state index is -1.04. The van der Waals surface area contributed by atoms with Gasteiger partial charge in [-0.3, -0.25) is 9.69 Å². The van der Waals surface area contributed by atoms with E-state index in [0.717, 1.165) is 51.3 Å². The van der Waals surface area contributed by atoms with E-state index in [1.807, 2.05) is 6.07 Å². The van der Waals surface area contributed by atoms with Crippen molar-refractivity contribution in [1.82, 2.24) is 4.90 Å². The van der Waals surface area contributed by atoms with Gasteiger partial charge in [0.15, 0.2) is 0 Å². The Labute approximate surface area is 146 Å². The predicted octanol–water partition coefficient (Wildman–Crippen LogP) is 1.77. The molecule has 1 amide bonds. The number of aromatic carboxylic acids is 1. The van der Waals surface area contributed by atoms with Crippen molar-refractivity contribution in [1.29, 1.82) is 5.26 Å². The van der Waals surface area contributed by atoms with E-state index < -0.39 is 5.97 Å². The Bertz CT molecular complexity index is 701. The predicted molar refractivity (Wildman–Crippen MR) is 93.6 cm³/mol. The number of hydrogen-bond donors (Lipinski definition) is 2. The summed E-state index contributed by atoms with van der Waals surface area (Å²) in [6.07, 6.45) is 2.28. The Morgan fingerprint density at radius 3 is 2.56 bits per heavy atom. The number of carbonyl (C=O) groups is 2. The maximum atomic E-state index is 11.9. The Morgan fingerprint density at radius 1 is 1.24 bits per heavy atom. The molecule has 1 aromatic rings. The minimum Gasteiger partial charge on any atom is -0.478 e. The molecule has 1 aromatic carbocycles. The number of carboxylic acid groups (broad SMARTS) is 1. The van der Waals surface area contributed by atoms with Gasteiger partial charge in [-0.1, -0.05) is 0 Å². The molecule has 0 radical (unpaired) electrons. The minimum absolute atomic E-state index is 0.0304. The lowest BCUT2D eigenvalue weighted by molar-refractivity contribution is -0.117. The molecule has 7 heteroatoms. The van der Waals surface area contributed by atoms with Crippen LogP contribution in [0.5, 0.6) is 0 Å². The molecule has 0 aromatic heterocycles. The van der Waals surface area contributed by atoms with Gasteiger partial charge in [0, 0.05) is 50.7 Å². The number of nitrogens with zero attached hydrogens (tertiary/aromatic N) is 3. The standard InChI is InChI=1S/C18H22N4O3/c19-6-1-7-21-8-10-22(11-9-21)14-4-5-16(15(12-14)18(24)25)20-17(23)13-2-3-13/h4-5,12-13H,1-3,7-11H2,(H,20,23)(H,24,25). The number of rotatable bonds is 6. The molecule has 2 N–H and O–H groups in total. The van der Waals surface area contributed by atoms with Crippen LogP contribution in [0.2, 0.25) is 0 Å². The average Bonchev–Trinajstić information content (AvgIpc) is 3.46. The van der Waals surface area contributed by atoms with Gasteiger partial charge in [-0.15, -0.1) is 0 Å². The van der Waals surface area contributed by atoms with Crippen molar-refractivity contribution in [2.75, 3.05) is 42.9 Å². The van der Waals surface area contributed by atoms with Crippen LogP contribution in [0.25, 0.3) is 0 Å². The van der Waals surface area contributed by atoms with Crippen LogP contribution in [0.15, 0.2) is 18.2 Å². The van der Waals surface area contributed by atoms with Gasteiger partial charge in [0.2, 0.25) is 5.91 Å². The first-order chi connectivity index (χ1) is 12.1. The zero-order valence-corrected chi connectivity index (χ0v) is 14.1. The van der Waals surface area contributed by atoms with Crippen molar-refractivity contribution in [3.05, 3.63) is 23.8 Å². The third kappa shape index (κ3) is 4.28. The third-order valence-electron chi connectivity index (χ3n) is 4.72. The van der Waals surface area contributed by atoms with E-state index in [1.54, 1.807) is 12.1 Å². The van der Waals surface area contributed by atoms with Gasteiger partial charge in [-0.25, -0.2) is 4.79 Å². The molecule has 0 bridgehead atoms. The fourth-order valence-corrected chi connectivity index (χ4v) is 3.03. The van der Waals surface area contributed by atoms with Gasteiger partial charge >= 0.3 is 5.97 Å². The Balaban J connectivity index is 1.68. The van der Waals surface area contributed by atoms with Crippen LogP contribution < -0.4 is 10.2 Å². The zero-order chi connectivity index (χ0) is 17.8. The summed E-state index contributed by atoms with van der Waals surface area (Å²) >= 11 is 0. The first kappa shape index (κ1) is 17.2. The molecule has 0 atom stereocenters. The van der Waals surface area contributed by atoms with E-state index in [9.17, 15) is 14.7 Å². The molecular weight excluding hydrogens is 320 g/mol. The Hall–Kier alpha value is -2.59. The van der Waals surface area contributed by atoms with Crippen LogP contribution in [0.3, 0.4) is 0 Å². The van der Waals surface area contributed by atoms with E-state index in [-0.39, 0.29) is 17.4 Å². The SMILES string of the molecule is N#CCCN1CCN(c2ccc(NC(=O)C3CC3)c(C(=O)O)c2)CC1. The summed E-state index contributed by atoms with van der Waals surface area (Å²) in [5, 5.41) is 20.9. The lowest BCUT2D eigenvalue weighted by Gasteiger charge is -2.36. The van der Waals surface area contributed by atoms with Crippen LogP contribution >= 0.6 is 0 Å². The Kier molecular flexibility index (Phi) is 5.19. The maximum Gasteiger partial charge on any atom is 0.337 e. The van der Waals surface area contributed by atoms with E-state index >= 15 is 0 Å². The van der Waals surface area contributed by atoms with E-state index in [1.165, 1.54) is 0 Å². The summed E-state index contributed by atoms with van der Waals surface area (Å²) in [6, 6.07) is 7.33. The molecule has 2 aliphatic rings. The molecule has 7 nitrogen and oxygen atoms in total. The summed E-state index contributed by atoms with van der Waals surface area (Å²) in [5.41, 5.74) is 1.33. The fraction of sp³-hybridized carbons (Fsp3) is 0.500. The maximum absolute atomic E-state index is 11.9. The highest BCUT2D eigenvalue weighted by Gasteiger charge is 2.30. The van der Waals surface area contributed by atoms with Gasteiger partial charge in [-0.05, 0) is 31.0 Å². The largest absolute Gasteiger partial charge is 0.478 e. The highest BCUT2D eigenvalue weighted by molar-refractivity contribution is 6.02. The first-order valence-electron chi connectivity index (χ1n) is 8.61. The molecule has 3 rings (SSSR count). The molecule has 132 valence electrons. The number of benzene rings is 1. The quantitative estimate of drug-likeness (QED) is 0.818. The number of piperazine rings is 1. The molecule has 25 heavy (non-hydrogen) atoms. The van der Waals surface area contributed by atoms with Gasteiger partial charge in [0.1, 0.15) is 0 Å². The highest BCUT2D eigenvalue weighted by atomic mass is 16.4. The smallest absolute Gasteiger partial charge is 0.337 e. The topological polar surface area (TPSA) is 96.7 Å². The molecular formula is C18H22N4O3. The summed E-state index contributed by atoms with van der Waals surface area (Å²) < 4.78 is 0. The van der Waals surface area contributed by atoms with Gasteiger partial charge in [-0.2, -0.15) is 5.26 Å². The lowest BCUT2D eigenvalue weighted by Crippen LogP contribution is -2.46. The highest BCUT2D eigenvalue weighted by Crippen LogP contribution is 2.31. The van der Waals surface area contributed by atoms with Crippen molar-refractivity contribution in [2.45, 2.75) is 19.3 Å². The monoisotopic (exact) mass is 342 g/mol. The van der Waals surface area contributed by atoms with Gasteiger partial charge in [0.05, 0.1) is 17.3 Å². The molecule has 1 saturated carbocycles. The summed E-state index contributed by atoms with van der Waals surface area (Å²) in [6.45, 7) is 4.06. The van der Waals surface area contributed by atoms with E-state index in [4.69, 9.17) is 5.26 Å². The molecule has 0 unspecified atom stereocenters. The van der Waals surface area contributed by atoms with Crippen LogP contribution in [-0.2, 0) is 4.79 Å². The zero-order valence-electron chi connectivity index (χ0n) is 14.1. The average molecular weight is 342 g/mol. The number of nitriles is 1. The number of nitrogens with one attached hydrogen (secondary N) is 1. The molecule has 1 aliphatic heterocycles. The second kappa shape index (κ2) is 7.53. The second-order valence-electron chi connectivity index (χ2n) is 6.54. The number of amides is 1. The van der Waals surface area contributed by atoms with Gasteiger partial charge < -0.3 is 15.3 Å². The van der Waals surface area contributed by atoms with E-state index in [2.05, 4.69) is 21.2 Å². The summed E-state index contributed by atoms with van der Waals surface area (Å²) in [5.74, 6) is -1.11. The second-order valence-corrected chi connectivity index (χ2v) is 6.54. The van der Waals surface area contributed by atoms with Crippen molar-refractivity contribution in [2.24, 2.45) is 5.92 Å².